The van der Waals surface area contributed by atoms with E-state index in [-0.39, 0.29) is 11.7 Å². The molecule has 7 nitrogen and oxygen atoms in total. The average Bonchev–Trinajstić information content (AvgIpc) is 3.23. The molecule has 3 rings (SSSR count). The molecule has 0 aliphatic rings. The van der Waals surface area contributed by atoms with Gasteiger partial charge in [-0.1, -0.05) is 46.0 Å². The number of nitrogens with one attached hydrogen (secondary N) is 1. The Hall–Kier alpha value is -1.78. The van der Waals surface area contributed by atoms with E-state index in [0.717, 1.165) is 21.5 Å². The topological polar surface area (TPSA) is 93.8 Å². The summed E-state index contributed by atoms with van der Waals surface area (Å²) in [7, 11) is 0. The van der Waals surface area contributed by atoms with Gasteiger partial charge in [0.1, 0.15) is 5.01 Å². The summed E-state index contributed by atoms with van der Waals surface area (Å²) in [6.07, 6.45) is 0.795. The first-order valence-corrected chi connectivity index (χ1v) is 9.58. The molecular weight excluding hydrogens is 414 g/mol. The highest BCUT2D eigenvalue weighted by Gasteiger charge is 2.12. The van der Waals surface area contributed by atoms with E-state index < -0.39 is 0 Å². The molecule has 24 heavy (non-hydrogen) atoms. The first-order valence-electron chi connectivity index (χ1n) is 6.98. The fraction of sp³-hybridized carbons (Fsp3) is 0.214. The fourth-order valence-electron chi connectivity index (χ4n) is 1.71. The third kappa shape index (κ3) is 4.40. The van der Waals surface area contributed by atoms with Gasteiger partial charge in [-0.25, -0.2) is 0 Å². The maximum atomic E-state index is 11.9. The summed E-state index contributed by atoms with van der Waals surface area (Å²) in [6.45, 7) is 1.99. The van der Waals surface area contributed by atoms with Gasteiger partial charge in [-0.3, -0.25) is 10.1 Å². The first kappa shape index (κ1) is 17.1. The van der Waals surface area contributed by atoms with Crippen LogP contribution in [0.1, 0.15) is 11.9 Å². The van der Waals surface area contributed by atoms with Crippen molar-refractivity contribution in [3.8, 4) is 11.5 Å². The summed E-state index contributed by atoms with van der Waals surface area (Å²) in [4.78, 5) is 11.9. The monoisotopic (exact) mass is 425 g/mol. The molecule has 1 N–H and O–H groups in total. The molecular formula is C14H12BrN5O2S2. The molecule has 2 heterocycles. The minimum Gasteiger partial charge on any atom is -0.411 e. The van der Waals surface area contributed by atoms with Gasteiger partial charge in [-0.05, 0) is 30.7 Å². The van der Waals surface area contributed by atoms with Gasteiger partial charge in [-0.2, -0.15) is 0 Å². The predicted molar refractivity (Wildman–Crippen MR) is 96.1 cm³/mol. The fourth-order valence-corrected chi connectivity index (χ4v) is 3.23. The number of hydrogen-bond acceptors (Lipinski definition) is 8. The molecule has 1 aromatic carbocycles. The van der Waals surface area contributed by atoms with E-state index in [1.165, 1.54) is 23.1 Å². The van der Waals surface area contributed by atoms with E-state index in [1.54, 1.807) is 0 Å². The van der Waals surface area contributed by atoms with Gasteiger partial charge in [-0.15, -0.1) is 20.4 Å². The number of amides is 1. The van der Waals surface area contributed by atoms with Crippen molar-refractivity contribution in [3.63, 3.8) is 0 Å². The lowest BCUT2D eigenvalue weighted by Gasteiger charge is -1.98. The van der Waals surface area contributed by atoms with Gasteiger partial charge in [0, 0.05) is 10.0 Å². The van der Waals surface area contributed by atoms with Gasteiger partial charge >= 0.3 is 0 Å². The minimum atomic E-state index is -0.192. The highest BCUT2D eigenvalue weighted by molar-refractivity contribution is 9.10. The van der Waals surface area contributed by atoms with Crippen LogP contribution in [0.2, 0.25) is 0 Å². The van der Waals surface area contributed by atoms with Crippen molar-refractivity contribution in [1.82, 2.24) is 20.4 Å². The van der Waals surface area contributed by atoms with Crippen LogP contribution < -0.4 is 5.32 Å². The highest BCUT2D eigenvalue weighted by atomic mass is 79.9. The summed E-state index contributed by atoms with van der Waals surface area (Å²) in [6, 6.07) is 7.54. The van der Waals surface area contributed by atoms with E-state index in [9.17, 15) is 4.79 Å². The largest absolute Gasteiger partial charge is 0.411 e. The van der Waals surface area contributed by atoms with E-state index >= 15 is 0 Å². The van der Waals surface area contributed by atoms with E-state index in [1.807, 2.05) is 31.2 Å². The number of aryl methyl sites for hydroxylation is 1. The van der Waals surface area contributed by atoms with Crippen molar-refractivity contribution in [2.24, 2.45) is 0 Å². The van der Waals surface area contributed by atoms with Crippen molar-refractivity contribution in [1.29, 1.82) is 0 Å². The molecule has 0 unspecified atom stereocenters. The van der Waals surface area contributed by atoms with Gasteiger partial charge in [0.15, 0.2) is 0 Å². The highest BCUT2D eigenvalue weighted by Crippen LogP contribution is 2.24. The Balaban J connectivity index is 1.55. The molecule has 0 aliphatic carbocycles. The second-order valence-electron chi connectivity index (χ2n) is 4.57. The standard InChI is InChI=1S/C14H12BrN5O2S2/c1-2-11-17-19-13(24-11)16-10(21)7-23-14-20-18-12(22-14)8-3-5-9(15)6-4-8/h3-6H,2,7H2,1H3,(H,16,19,21). The van der Waals surface area contributed by atoms with Crippen LogP contribution in [0, 0.1) is 0 Å². The molecule has 0 saturated carbocycles. The number of thioether (sulfide) groups is 1. The van der Waals surface area contributed by atoms with Crippen LogP contribution in [-0.4, -0.2) is 32.1 Å². The summed E-state index contributed by atoms with van der Waals surface area (Å²) in [5, 5.41) is 20.2. The van der Waals surface area contributed by atoms with Crippen LogP contribution in [0.15, 0.2) is 38.4 Å². The number of halogens is 1. The van der Waals surface area contributed by atoms with Crippen molar-refractivity contribution in [3.05, 3.63) is 33.7 Å². The first-order chi connectivity index (χ1) is 11.6. The lowest BCUT2D eigenvalue weighted by Crippen LogP contribution is -2.13. The molecule has 0 bridgehead atoms. The molecule has 3 aromatic rings. The van der Waals surface area contributed by atoms with Crippen LogP contribution in [-0.2, 0) is 11.2 Å². The summed E-state index contributed by atoms with van der Waals surface area (Å²) in [5.74, 6) is 0.382. The smallest absolute Gasteiger partial charge is 0.277 e. The predicted octanol–water partition coefficient (Wildman–Crippen LogP) is 3.64. The number of hydrogen-bond donors (Lipinski definition) is 1. The number of rotatable bonds is 6. The van der Waals surface area contributed by atoms with Crippen LogP contribution in [0.25, 0.3) is 11.5 Å². The number of anilines is 1. The second kappa shape index (κ2) is 7.86. The Morgan fingerprint density at radius 1 is 1.25 bits per heavy atom. The third-order valence-electron chi connectivity index (χ3n) is 2.84. The Morgan fingerprint density at radius 3 is 2.75 bits per heavy atom. The van der Waals surface area contributed by atoms with Gasteiger partial charge in [0.25, 0.3) is 5.22 Å². The van der Waals surface area contributed by atoms with Crippen molar-refractivity contribution >= 4 is 50.1 Å². The van der Waals surface area contributed by atoms with Crippen LogP contribution in [0.5, 0.6) is 0 Å². The molecule has 2 aromatic heterocycles. The zero-order chi connectivity index (χ0) is 16.9. The van der Waals surface area contributed by atoms with Crippen LogP contribution in [0.3, 0.4) is 0 Å². The number of nitrogens with zero attached hydrogens (tertiary/aromatic N) is 4. The van der Waals surface area contributed by atoms with Crippen molar-refractivity contribution in [2.45, 2.75) is 18.6 Å². The quantitative estimate of drug-likeness (QED) is 0.602. The molecule has 0 saturated heterocycles. The number of aromatic nitrogens is 4. The Bertz CT molecular complexity index is 834. The van der Waals surface area contributed by atoms with Crippen molar-refractivity contribution in [2.75, 3.05) is 11.1 Å². The van der Waals surface area contributed by atoms with E-state index in [0.29, 0.717) is 16.2 Å². The lowest BCUT2D eigenvalue weighted by molar-refractivity contribution is -0.113. The summed E-state index contributed by atoms with van der Waals surface area (Å²) < 4.78 is 6.52. The maximum absolute atomic E-state index is 11.9. The summed E-state index contributed by atoms with van der Waals surface area (Å²) >= 11 is 5.91. The normalized spacial score (nSPS) is 10.8. The molecule has 0 radical (unpaired) electrons. The van der Waals surface area contributed by atoms with E-state index in [2.05, 4.69) is 41.6 Å². The summed E-state index contributed by atoms with van der Waals surface area (Å²) in [5.41, 5.74) is 0.822. The van der Waals surface area contributed by atoms with Crippen LogP contribution >= 0.6 is 39.0 Å². The van der Waals surface area contributed by atoms with Gasteiger partial charge in [0.05, 0.1) is 5.75 Å². The second-order valence-corrected chi connectivity index (χ2v) is 7.48. The van der Waals surface area contributed by atoms with Gasteiger partial charge in [0.2, 0.25) is 16.9 Å². The lowest BCUT2D eigenvalue weighted by atomic mass is 10.2. The zero-order valence-electron chi connectivity index (χ0n) is 12.5. The van der Waals surface area contributed by atoms with Gasteiger partial charge < -0.3 is 4.42 Å². The third-order valence-corrected chi connectivity index (χ3v) is 5.17. The molecule has 1 amide bonds. The maximum Gasteiger partial charge on any atom is 0.277 e. The van der Waals surface area contributed by atoms with E-state index in [4.69, 9.17) is 4.42 Å². The zero-order valence-corrected chi connectivity index (χ0v) is 15.7. The van der Waals surface area contributed by atoms with Crippen molar-refractivity contribution < 1.29 is 9.21 Å². The Kier molecular flexibility index (Phi) is 5.59. The number of benzene rings is 1. The molecule has 0 spiro atoms. The number of carbonyl (C=O) groups excluding carboxylic acids is 1. The molecule has 0 fully saturated rings. The SMILES string of the molecule is CCc1nnc(NC(=O)CSc2nnc(-c3ccc(Br)cc3)o2)s1. The Labute approximate surface area is 154 Å². The molecule has 0 aliphatic heterocycles. The number of carbonyl (C=O) groups is 1. The molecule has 10 heteroatoms. The molecule has 0 atom stereocenters. The Morgan fingerprint density at radius 2 is 2.04 bits per heavy atom. The molecule has 124 valence electrons. The van der Waals surface area contributed by atoms with Crippen LogP contribution in [0.4, 0.5) is 5.13 Å². The average molecular weight is 426 g/mol. The minimum absolute atomic E-state index is 0.156.